The standard InChI is InChI=1S/C17H13NO3/c1-11-7-8-15-13(9-11)10-14(17(20)21-15)18-16(19)12-5-3-2-4-6-12/h2-10H,1H3,(H,18,19). The zero-order chi connectivity index (χ0) is 14.8. The van der Waals surface area contributed by atoms with E-state index in [1.165, 1.54) is 0 Å². The lowest BCUT2D eigenvalue weighted by Gasteiger charge is -2.05. The highest BCUT2D eigenvalue weighted by molar-refractivity contribution is 6.04. The molecule has 1 N–H and O–H groups in total. The highest BCUT2D eigenvalue weighted by Gasteiger charge is 2.10. The van der Waals surface area contributed by atoms with E-state index in [9.17, 15) is 9.59 Å². The third kappa shape index (κ3) is 2.69. The van der Waals surface area contributed by atoms with Gasteiger partial charge in [0.15, 0.2) is 0 Å². The van der Waals surface area contributed by atoms with Crippen LogP contribution in [-0.4, -0.2) is 5.91 Å². The lowest BCUT2D eigenvalue weighted by molar-refractivity contribution is 0.102. The molecule has 0 saturated carbocycles. The van der Waals surface area contributed by atoms with Crippen LogP contribution in [0, 0.1) is 6.92 Å². The lowest BCUT2D eigenvalue weighted by Crippen LogP contribution is -2.17. The molecule has 21 heavy (non-hydrogen) atoms. The van der Waals surface area contributed by atoms with Crippen LogP contribution in [0.25, 0.3) is 11.0 Å². The lowest BCUT2D eigenvalue weighted by atomic mass is 10.1. The summed E-state index contributed by atoms with van der Waals surface area (Å²) in [6, 6.07) is 15.9. The van der Waals surface area contributed by atoms with Crippen molar-refractivity contribution in [3.63, 3.8) is 0 Å². The average Bonchev–Trinajstić information content (AvgIpc) is 2.49. The van der Waals surface area contributed by atoms with E-state index in [0.29, 0.717) is 11.1 Å². The van der Waals surface area contributed by atoms with Crippen LogP contribution in [0.5, 0.6) is 0 Å². The summed E-state index contributed by atoms with van der Waals surface area (Å²) in [4.78, 5) is 24.0. The van der Waals surface area contributed by atoms with Gasteiger partial charge >= 0.3 is 5.63 Å². The highest BCUT2D eigenvalue weighted by Crippen LogP contribution is 2.17. The van der Waals surface area contributed by atoms with E-state index < -0.39 is 5.63 Å². The van der Waals surface area contributed by atoms with Gasteiger partial charge in [0.05, 0.1) is 0 Å². The minimum Gasteiger partial charge on any atom is -0.421 e. The minimum atomic E-state index is -0.560. The summed E-state index contributed by atoms with van der Waals surface area (Å²) in [6.45, 7) is 1.95. The first kappa shape index (κ1) is 13.1. The molecule has 0 aliphatic rings. The number of carbonyl (C=O) groups excluding carboxylic acids is 1. The molecule has 0 spiro atoms. The first-order valence-corrected chi connectivity index (χ1v) is 6.54. The Morgan fingerprint density at radius 1 is 1.05 bits per heavy atom. The molecule has 0 aliphatic heterocycles. The van der Waals surface area contributed by atoms with Gasteiger partial charge in [0.25, 0.3) is 5.91 Å². The van der Waals surface area contributed by atoms with E-state index in [1.54, 1.807) is 36.4 Å². The van der Waals surface area contributed by atoms with Crippen LogP contribution in [0.3, 0.4) is 0 Å². The number of hydrogen-bond donors (Lipinski definition) is 1. The normalized spacial score (nSPS) is 10.5. The summed E-state index contributed by atoms with van der Waals surface area (Å²) >= 11 is 0. The third-order valence-corrected chi connectivity index (χ3v) is 3.17. The smallest absolute Gasteiger partial charge is 0.360 e. The fraction of sp³-hybridized carbons (Fsp3) is 0.0588. The highest BCUT2D eigenvalue weighted by atomic mass is 16.4. The molecular weight excluding hydrogens is 266 g/mol. The second-order valence-electron chi connectivity index (χ2n) is 4.81. The molecule has 3 aromatic rings. The summed E-state index contributed by atoms with van der Waals surface area (Å²) in [7, 11) is 0. The van der Waals surface area contributed by atoms with E-state index in [1.807, 2.05) is 25.1 Å². The van der Waals surface area contributed by atoms with Crippen molar-refractivity contribution in [2.75, 3.05) is 5.32 Å². The molecular formula is C17H13NO3. The van der Waals surface area contributed by atoms with Gasteiger partial charge in [-0.2, -0.15) is 0 Å². The van der Waals surface area contributed by atoms with Crippen LogP contribution in [0.1, 0.15) is 15.9 Å². The van der Waals surface area contributed by atoms with E-state index in [2.05, 4.69) is 5.32 Å². The molecule has 1 heterocycles. The Bertz CT molecular complexity index is 866. The molecule has 0 bridgehead atoms. The Kier molecular flexibility index (Phi) is 3.28. The minimum absolute atomic E-state index is 0.141. The van der Waals surface area contributed by atoms with Gasteiger partial charge in [-0.15, -0.1) is 0 Å². The largest absolute Gasteiger partial charge is 0.421 e. The number of aryl methyl sites for hydroxylation is 1. The monoisotopic (exact) mass is 279 g/mol. The number of amides is 1. The first-order chi connectivity index (χ1) is 10.1. The van der Waals surface area contributed by atoms with Crippen molar-refractivity contribution in [3.8, 4) is 0 Å². The molecule has 0 atom stereocenters. The van der Waals surface area contributed by atoms with Gasteiger partial charge in [-0.3, -0.25) is 4.79 Å². The maximum absolute atomic E-state index is 12.1. The number of fused-ring (bicyclic) bond motifs is 1. The van der Waals surface area contributed by atoms with Crippen molar-refractivity contribution in [2.24, 2.45) is 0 Å². The second-order valence-corrected chi connectivity index (χ2v) is 4.81. The zero-order valence-electron chi connectivity index (χ0n) is 11.4. The van der Waals surface area contributed by atoms with Gasteiger partial charge in [0, 0.05) is 10.9 Å². The summed E-state index contributed by atoms with van der Waals surface area (Å²) < 4.78 is 5.21. The van der Waals surface area contributed by atoms with Gasteiger partial charge in [-0.25, -0.2) is 4.79 Å². The van der Waals surface area contributed by atoms with Crippen molar-refractivity contribution < 1.29 is 9.21 Å². The fourth-order valence-electron chi connectivity index (χ4n) is 2.11. The Hall–Kier alpha value is -2.88. The molecule has 0 aliphatic carbocycles. The van der Waals surface area contributed by atoms with Gasteiger partial charge < -0.3 is 9.73 Å². The van der Waals surface area contributed by atoms with Crippen LogP contribution in [-0.2, 0) is 0 Å². The van der Waals surface area contributed by atoms with Crippen LogP contribution >= 0.6 is 0 Å². The molecule has 1 aromatic heterocycles. The maximum Gasteiger partial charge on any atom is 0.360 e. The molecule has 0 unspecified atom stereocenters. The number of carbonyl (C=O) groups is 1. The van der Waals surface area contributed by atoms with E-state index in [0.717, 1.165) is 10.9 Å². The molecule has 0 fully saturated rings. The van der Waals surface area contributed by atoms with Crippen molar-refractivity contribution >= 4 is 22.6 Å². The number of rotatable bonds is 2. The fourth-order valence-corrected chi connectivity index (χ4v) is 2.11. The average molecular weight is 279 g/mol. The van der Waals surface area contributed by atoms with Crippen molar-refractivity contribution in [3.05, 3.63) is 76.1 Å². The van der Waals surface area contributed by atoms with E-state index >= 15 is 0 Å². The summed E-state index contributed by atoms with van der Waals surface area (Å²) in [6.07, 6.45) is 0. The van der Waals surface area contributed by atoms with E-state index in [-0.39, 0.29) is 11.6 Å². The molecule has 104 valence electrons. The third-order valence-electron chi connectivity index (χ3n) is 3.17. The summed E-state index contributed by atoms with van der Waals surface area (Å²) in [5, 5.41) is 3.37. The Morgan fingerprint density at radius 3 is 2.57 bits per heavy atom. The second kappa shape index (κ2) is 5.25. The van der Waals surface area contributed by atoms with Gasteiger partial charge in [0.1, 0.15) is 11.3 Å². The van der Waals surface area contributed by atoms with Gasteiger partial charge in [-0.05, 0) is 37.3 Å². The Labute approximate surface area is 121 Å². The molecule has 3 rings (SSSR count). The quantitative estimate of drug-likeness (QED) is 0.732. The Balaban J connectivity index is 1.99. The van der Waals surface area contributed by atoms with Crippen LogP contribution in [0.4, 0.5) is 5.69 Å². The van der Waals surface area contributed by atoms with Crippen LogP contribution in [0.2, 0.25) is 0 Å². The SMILES string of the molecule is Cc1ccc2oc(=O)c(NC(=O)c3ccccc3)cc2c1. The molecule has 0 radical (unpaired) electrons. The topological polar surface area (TPSA) is 59.3 Å². The van der Waals surface area contributed by atoms with Gasteiger partial charge in [0.2, 0.25) is 0 Å². The predicted octanol–water partition coefficient (Wildman–Crippen LogP) is 3.35. The van der Waals surface area contributed by atoms with Gasteiger partial charge in [-0.1, -0.05) is 29.8 Å². The Morgan fingerprint density at radius 2 is 1.81 bits per heavy atom. The molecule has 0 saturated heterocycles. The maximum atomic E-state index is 12.1. The summed E-state index contributed by atoms with van der Waals surface area (Å²) in [5.74, 6) is -0.338. The number of anilines is 1. The number of hydrogen-bond acceptors (Lipinski definition) is 3. The van der Waals surface area contributed by atoms with Crippen LogP contribution < -0.4 is 10.9 Å². The summed E-state index contributed by atoms with van der Waals surface area (Å²) in [5.41, 5.74) is 1.62. The molecule has 1 amide bonds. The zero-order valence-corrected chi connectivity index (χ0v) is 11.4. The predicted molar refractivity (Wildman–Crippen MR) is 81.6 cm³/mol. The number of benzene rings is 2. The number of nitrogens with one attached hydrogen (secondary N) is 1. The first-order valence-electron chi connectivity index (χ1n) is 6.54. The van der Waals surface area contributed by atoms with Crippen molar-refractivity contribution in [1.82, 2.24) is 0 Å². The molecule has 2 aromatic carbocycles. The molecule has 4 nitrogen and oxygen atoms in total. The van der Waals surface area contributed by atoms with Crippen molar-refractivity contribution in [1.29, 1.82) is 0 Å². The van der Waals surface area contributed by atoms with Crippen LogP contribution in [0.15, 0.2) is 63.8 Å². The van der Waals surface area contributed by atoms with Crippen molar-refractivity contribution in [2.45, 2.75) is 6.92 Å². The van der Waals surface area contributed by atoms with E-state index in [4.69, 9.17) is 4.42 Å². The molecule has 4 heteroatoms.